The number of nitrogens with zero attached hydrogens (tertiary/aromatic N) is 3. The summed E-state index contributed by atoms with van der Waals surface area (Å²) in [7, 11) is 0. The van der Waals surface area contributed by atoms with E-state index in [1.54, 1.807) is 0 Å². The van der Waals surface area contributed by atoms with Crippen LogP contribution in [0.5, 0.6) is 0 Å². The number of thiazole rings is 1. The lowest BCUT2D eigenvalue weighted by Crippen LogP contribution is -2.21. The van der Waals surface area contributed by atoms with Crippen LogP contribution in [0.1, 0.15) is 24.8 Å². The summed E-state index contributed by atoms with van der Waals surface area (Å²) in [6.45, 7) is 2.38. The highest BCUT2D eigenvalue weighted by atomic mass is 32.2. The molecule has 2 aromatic carbocycles. The van der Waals surface area contributed by atoms with Gasteiger partial charge in [-0.15, -0.1) is 11.3 Å². The Kier molecular flexibility index (Phi) is 5.88. The third kappa shape index (κ3) is 4.92. The lowest BCUT2D eigenvalue weighted by molar-refractivity contribution is -0.120. The van der Waals surface area contributed by atoms with Crippen LogP contribution in [0, 0.1) is 5.41 Å². The van der Waals surface area contributed by atoms with Crippen LogP contribution in [0.2, 0.25) is 0 Å². The minimum Gasteiger partial charge on any atom is -0.332 e. The molecule has 0 aliphatic heterocycles. The molecule has 8 nitrogen and oxygen atoms in total. The van der Waals surface area contributed by atoms with Crippen LogP contribution >= 0.6 is 23.3 Å². The van der Waals surface area contributed by atoms with E-state index >= 15 is 0 Å². The molecule has 1 fully saturated rings. The standard InChI is InChI=1S/C23H22N6O2S2/c1-23(9-10-23)22(30)25-15-3-2-4-16(11-15)29-33-17-7-5-14(6-8-17)20-27-21(31-28-20)18-13-32-19(12-24)26-18/h2-8,11,13,29H,9-10,12,24H2,1H3,(H,25,30). The molecule has 4 N–H and O–H groups in total. The Hall–Kier alpha value is -3.21. The molecule has 1 amide bonds. The number of nitrogens with one attached hydrogen (secondary N) is 2. The molecule has 0 unspecified atom stereocenters. The van der Waals surface area contributed by atoms with E-state index in [4.69, 9.17) is 10.3 Å². The van der Waals surface area contributed by atoms with E-state index in [1.807, 2.05) is 60.8 Å². The van der Waals surface area contributed by atoms with Crippen LogP contribution in [0.4, 0.5) is 11.4 Å². The lowest BCUT2D eigenvalue weighted by Gasteiger charge is -2.12. The first-order chi connectivity index (χ1) is 16.0. The highest BCUT2D eigenvalue weighted by Crippen LogP contribution is 2.45. The number of amides is 1. The molecule has 2 heterocycles. The number of hydrogen-bond donors (Lipinski definition) is 3. The van der Waals surface area contributed by atoms with E-state index in [0.29, 0.717) is 24.0 Å². The first-order valence-electron chi connectivity index (χ1n) is 10.5. The highest BCUT2D eigenvalue weighted by Gasteiger charge is 2.44. The zero-order valence-corrected chi connectivity index (χ0v) is 19.5. The predicted molar refractivity (Wildman–Crippen MR) is 131 cm³/mol. The summed E-state index contributed by atoms with van der Waals surface area (Å²) in [5.41, 5.74) is 8.60. The van der Waals surface area contributed by atoms with Gasteiger partial charge in [0.2, 0.25) is 11.7 Å². The highest BCUT2D eigenvalue weighted by molar-refractivity contribution is 8.00. The van der Waals surface area contributed by atoms with Crippen molar-refractivity contribution in [1.82, 2.24) is 15.1 Å². The summed E-state index contributed by atoms with van der Waals surface area (Å²) in [6.07, 6.45) is 1.90. The summed E-state index contributed by atoms with van der Waals surface area (Å²) in [5, 5.41) is 9.75. The van der Waals surface area contributed by atoms with E-state index < -0.39 is 0 Å². The zero-order valence-electron chi connectivity index (χ0n) is 17.9. The van der Waals surface area contributed by atoms with Gasteiger partial charge >= 0.3 is 0 Å². The van der Waals surface area contributed by atoms with Gasteiger partial charge in [-0.1, -0.05) is 18.1 Å². The number of benzene rings is 2. The Morgan fingerprint density at radius 2 is 1.97 bits per heavy atom. The van der Waals surface area contributed by atoms with Gasteiger partial charge in [0.15, 0.2) is 0 Å². The molecule has 10 heteroatoms. The maximum atomic E-state index is 12.3. The van der Waals surface area contributed by atoms with Crippen molar-refractivity contribution < 1.29 is 9.32 Å². The monoisotopic (exact) mass is 478 g/mol. The molecular formula is C23H22N6O2S2. The van der Waals surface area contributed by atoms with Crippen molar-refractivity contribution >= 4 is 40.6 Å². The fourth-order valence-electron chi connectivity index (χ4n) is 3.09. The van der Waals surface area contributed by atoms with E-state index in [1.165, 1.54) is 23.3 Å². The normalized spacial score (nSPS) is 14.1. The van der Waals surface area contributed by atoms with Gasteiger partial charge in [-0.3, -0.25) is 4.79 Å². The van der Waals surface area contributed by atoms with Crippen molar-refractivity contribution in [2.24, 2.45) is 11.1 Å². The topological polar surface area (TPSA) is 119 Å². The van der Waals surface area contributed by atoms with Crippen LogP contribution in [0.3, 0.4) is 0 Å². The first-order valence-corrected chi connectivity index (χ1v) is 12.2. The Bertz CT molecular complexity index is 1280. The Balaban J connectivity index is 1.20. The Labute approximate surface area is 199 Å². The van der Waals surface area contributed by atoms with Crippen LogP contribution in [-0.2, 0) is 11.3 Å². The van der Waals surface area contributed by atoms with Crippen molar-refractivity contribution in [1.29, 1.82) is 0 Å². The summed E-state index contributed by atoms with van der Waals surface area (Å²) in [5.74, 6) is 0.968. The third-order valence-electron chi connectivity index (χ3n) is 5.44. The van der Waals surface area contributed by atoms with E-state index in [2.05, 4.69) is 25.2 Å². The van der Waals surface area contributed by atoms with Crippen molar-refractivity contribution in [2.45, 2.75) is 31.2 Å². The van der Waals surface area contributed by atoms with Gasteiger partial charge in [-0.2, -0.15) is 4.98 Å². The molecule has 33 heavy (non-hydrogen) atoms. The fraction of sp³-hybridized carbons (Fsp3) is 0.217. The minimum atomic E-state index is -0.201. The first kappa shape index (κ1) is 21.6. The zero-order chi connectivity index (χ0) is 22.8. The van der Waals surface area contributed by atoms with Gasteiger partial charge in [0.25, 0.3) is 5.89 Å². The smallest absolute Gasteiger partial charge is 0.277 e. The average Bonchev–Trinajstić information content (AvgIpc) is 3.23. The predicted octanol–water partition coefficient (Wildman–Crippen LogP) is 5.18. The number of rotatable bonds is 8. The fourth-order valence-corrected chi connectivity index (χ4v) is 4.38. The molecule has 0 spiro atoms. The van der Waals surface area contributed by atoms with Crippen LogP contribution < -0.4 is 15.8 Å². The van der Waals surface area contributed by atoms with Gasteiger partial charge in [0, 0.05) is 39.2 Å². The van der Waals surface area contributed by atoms with Crippen LogP contribution in [0.25, 0.3) is 23.0 Å². The van der Waals surface area contributed by atoms with Gasteiger partial charge < -0.3 is 20.3 Å². The lowest BCUT2D eigenvalue weighted by atomic mass is 10.1. The molecule has 0 atom stereocenters. The van der Waals surface area contributed by atoms with Crippen molar-refractivity contribution in [3.63, 3.8) is 0 Å². The Morgan fingerprint density at radius 3 is 2.70 bits per heavy atom. The molecule has 5 rings (SSSR count). The Morgan fingerprint density at radius 1 is 1.18 bits per heavy atom. The van der Waals surface area contributed by atoms with Crippen molar-refractivity contribution in [2.75, 3.05) is 10.0 Å². The van der Waals surface area contributed by atoms with Crippen molar-refractivity contribution in [3.8, 4) is 23.0 Å². The number of carbonyl (C=O) groups excluding carboxylic acids is 1. The second-order valence-electron chi connectivity index (χ2n) is 8.08. The molecule has 1 saturated carbocycles. The average molecular weight is 479 g/mol. The van der Waals surface area contributed by atoms with Crippen molar-refractivity contribution in [3.05, 3.63) is 58.9 Å². The molecule has 1 aliphatic carbocycles. The van der Waals surface area contributed by atoms with Gasteiger partial charge in [-0.05, 0) is 67.3 Å². The SMILES string of the molecule is CC1(C(=O)Nc2cccc(NSc3ccc(-c4noc(-c5csc(CN)n5)n4)cc3)c2)CC1. The number of anilines is 2. The maximum absolute atomic E-state index is 12.3. The van der Waals surface area contributed by atoms with E-state index in [0.717, 1.165) is 39.7 Å². The molecule has 2 aromatic heterocycles. The van der Waals surface area contributed by atoms with Crippen LogP contribution in [0.15, 0.2) is 63.3 Å². The second kappa shape index (κ2) is 8.97. The summed E-state index contributed by atoms with van der Waals surface area (Å²) in [4.78, 5) is 22.1. The maximum Gasteiger partial charge on any atom is 0.277 e. The largest absolute Gasteiger partial charge is 0.332 e. The third-order valence-corrected chi connectivity index (χ3v) is 7.16. The number of aromatic nitrogens is 3. The van der Waals surface area contributed by atoms with E-state index in [-0.39, 0.29) is 11.3 Å². The molecule has 1 aliphatic rings. The molecule has 0 saturated heterocycles. The minimum absolute atomic E-state index is 0.0853. The molecule has 0 radical (unpaired) electrons. The van der Waals surface area contributed by atoms with Crippen LogP contribution in [-0.4, -0.2) is 21.0 Å². The van der Waals surface area contributed by atoms with Gasteiger partial charge in [0.1, 0.15) is 10.7 Å². The van der Waals surface area contributed by atoms with Gasteiger partial charge in [0.05, 0.1) is 0 Å². The quantitative estimate of drug-likeness (QED) is 0.297. The van der Waals surface area contributed by atoms with E-state index in [9.17, 15) is 4.79 Å². The molecule has 168 valence electrons. The number of hydrogen-bond acceptors (Lipinski definition) is 9. The second-order valence-corrected chi connectivity index (χ2v) is 9.90. The summed E-state index contributed by atoms with van der Waals surface area (Å²) in [6, 6.07) is 15.6. The molecule has 0 bridgehead atoms. The summed E-state index contributed by atoms with van der Waals surface area (Å²) >= 11 is 2.95. The molecule has 4 aromatic rings. The van der Waals surface area contributed by atoms with Gasteiger partial charge in [-0.25, -0.2) is 4.98 Å². The number of nitrogens with two attached hydrogens (primary N) is 1. The summed E-state index contributed by atoms with van der Waals surface area (Å²) < 4.78 is 8.68. The molecular weight excluding hydrogens is 456 g/mol. The number of carbonyl (C=O) groups is 1.